The number of halogens is 2. The Bertz CT molecular complexity index is 397. The van der Waals surface area contributed by atoms with E-state index in [1.165, 1.54) is 30.6 Å². The lowest BCUT2D eigenvalue weighted by atomic mass is 9.85. The fourth-order valence-electron chi connectivity index (χ4n) is 3.30. The summed E-state index contributed by atoms with van der Waals surface area (Å²) < 4.78 is 0. The van der Waals surface area contributed by atoms with Gasteiger partial charge in [0.1, 0.15) is 0 Å². The van der Waals surface area contributed by atoms with Crippen molar-refractivity contribution >= 4 is 24.8 Å². The van der Waals surface area contributed by atoms with E-state index in [2.05, 4.69) is 56.1 Å². The van der Waals surface area contributed by atoms with E-state index < -0.39 is 0 Å². The van der Waals surface area contributed by atoms with E-state index in [1.54, 1.807) is 5.56 Å². The van der Waals surface area contributed by atoms with Crippen LogP contribution in [0, 0.1) is 19.8 Å². The Morgan fingerprint density at radius 2 is 1.62 bits per heavy atom. The molecule has 1 unspecified atom stereocenters. The zero-order valence-electron chi connectivity index (χ0n) is 13.7. The molecule has 0 aliphatic carbocycles. The standard InChI is InChI=1S/C17H28N2.2ClH/c1-5-13(2)17(19-11-9-18-10-12-19)16-14(3)7-6-8-15(16)4;;/h6-8,13,17-18H,5,9-12H2,1-4H3;2*1H/t13?,17-;;/m1../s1. The molecule has 0 saturated carbocycles. The van der Waals surface area contributed by atoms with Crippen molar-refractivity contribution < 1.29 is 0 Å². The molecule has 2 nitrogen and oxygen atoms in total. The van der Waals surface area contributed by atoms with Crippen LogP contribution in [0.2, 0.25) is 0 Å². The van der Waals surface area contributed by atoms with Gasteiger partial charge in [0, 0.05) is 32.2 Å². The van der Waals surface area contributed by atoms with Crippen molar-refractivity contribution in [3.63, 3.8) is 0 Å². The maximum atomic E-state index is 3.47. The number of rotatable bonds is 4. The lowest BCUT2D eigenvalue weighted by Crippen LogP contribution is -2.46. The van der Waals surface area contributed by atoms with Gasteiger partial charge in [-0.1, -0.05) is 38.5 Å². The van der Waals surface area contributed by atoms with E-state index in [1.807, 2.05) is 0 Å². The molecule has 2 rings (SSSR count). The Morgan fingerprint density at radius 3 is 2.10 bits per heavy atom. The first-order valence-corrected chi connectivity index (χ1v) is 7.66. The average molecular weight is 333 g/mol. The third-order valence-corrected chi connectivity index (χ3v) is 4.57. The quantitative estimate of drug-likeness (QED) is 0.891. The smallest absolute Gasteiger partial charge is 0.0379 e. The minimum Gasteiger partial charge on any atom is -0.314 e. The third kappa shape index (κ3) is 4.85. The summed E-state index contributed by atoms with van der Waals surface area (Å²) in [6.07, 6.45) is 1.24. The lowest BCUT2D eigenvalue weighted by Gasteiger charge is -2.39. The summed E-state index contributed by atoms with van der Waals surface area (Å²) in [6.45, 7) is 13.8. The summed E-state index contributed by atoms with van der Waals surface area (Å²) in [6, 6.07) is 7.28. The van der Waals surface area contributed by atoms with Crippen LogP contribution in [-0.2, 0) is 0 Å². The molecule has 1 N–H and O–H groups in total. The van der Waals surface area contributed by atoms with Crippen molar-refractivity contribution in [1.29, 1.82) is 0 Å². The van der Waals surface area contributed by atoms with Crippen molar-refractivity contribution in [3.8, 4) is 0 Å². The van der Waals surface area contributed by atoms with Gasteiger partial charge in [0.15, 0.2) is 0 Å². The summed E-state index contributed by atoms with van der Waals surface area (Å²) >= 11 is 0. The molecule has 0 bridgehead atoms. The molecule has 122 valence electrons. The average Bonchev–Trinajstić information content (AvgIpc) is 2.43. The molecule has 0 amide bonds. The zero-order valence-corrected chi connectivity index (χ0v) is 15.3. The minimum atomic E-state index is 0. The van der Waals surface area contributed by atoms with Gasteiger partial charge in [-0.15, -0.1) is 24.8 Å². The molecule has 1 heterocycles. The van der Waals surface area contributed by atoms with E-state index in [9.17, 15) is 0 Å². The monoisotopic (exact) mass is 332 g/mol. The first-order valence-electron chi connectivity index (χ1n) is 7.66. The van der Waals surface area contributed by atoms with Crippen LogP contribution in [0.1, 0.15) is 43.0 Å². The van der Waals surface area contributed by atoms with Crippen molar-refractivity contribution in [2.45, 2.75) is 40.2 Å². The van der Waals surface area contributed by atoms with Crippen molar-refractivity contribution in [3.05, 3.63) is 34.9 Å². The van der Waals surface area contributed by atoms with Crippen LogP contribution in [0.3, 0.4) is 0 Å². The Labute approximate surface area is 142 Å². The fourth-order valence-corrected chi connectivity index (χ4v) is 3.30. The molecule has 2 atom stereocenters. The second-order valence-electron chi connectivity index (χ2n) is 5.92. The van der Waals surface area contributed by atoms with Crippen LogP contribution < -0.4 is 5.32 Å². The molecule has 0 spiro atoms. The van der Waals surface area contributed by atoms with E-state index in [4.69, 9.17) is 0 Å². The number of piperazine rings is 1. The summed E-state index contributed by atoms with van der Waals surface area (Å²) in [5.74, 6) is 0.706. The van der Waals surface area contributed by atoms with Gasteiger partial charge in [-0.05, 0) is 36.5 Å². The van der Waals surface area contributed by atoms with Gasteiger partial charge >= 0.3 is 0 Å². The molecule has 1 fully saturated rings. The molecule has 1 saturated heterocycles. The SMILES string of the molecule is CCC(C)[C@H](c1c(C)cccc1C)N1CCNCC1.Cl.Cl. The van der Waals surface area contributed by atoms with Gasteiger partial charge in [-0.2, -0.15) is 0 Å². The third-order valence-electron chi connectivity index (χ3n) is 4.57. The minimum absolute atomic E-state index is 0. The number of hydrogen-bond donors (Lipinski definition) is 1. The Morgan fingerprint density at radius 1 is 1.10 bits per heavy atom. The molecule has 1 aromatic rings. The highest BCUT2D eigenvalue weighted by atomic mass is 35.5. The molecule has 1 aliphatic rings. The van der Waals surface area contributed by atoms with E-state index in [0.717, 1.165) is 13.1 Å². The summed E-state index contributed by atoms with van der Waals surface area (Å²) in [5, 5.41) is 3.47. The van der Waals surface area contributed by atoms with Crippen molar-refractivity contribution in [2.24, 2.45) is 5.92 Å². The van der Waals surface area contributed by atoms with Gasteiger partial charge in [-0.3, -0.25) is 4.90 Å². The lowest BCUT2D eigenvalue weighted by molar-refractivity contribution is 0.127. The van der Waals surface area contributed by atoms with Crippen LogP contribution in [0.4, 0.5) is 0 Å². The molecule has 4 heteroatoms. The first-order chi connectivity index (χ1) is 9.15. The largest absolute Gasteiger partial charge is 0.314 e. The molecule has 21 heavy (non-hydrogen) atoms. The molecule has 0 aromatic heterocycles. The summed E-state index contributed by atoms with van der Waals surface area (Å²) in [4.78, 5) is 2.68. The Balaban J connectivity index is 0.00000200. The van der Waals surface area contributed by atoms with Crippen LogP contribution in [0.25, 0.3) is 0 Å². The van der Waals surface area contributed by atoms with Crippen molar-refractivity contribution in [1.82, 2.24) is 10.2 Å². The number of benzene rings is 1. The van der Waals surface area contributed by atoms with Gasteiger partial charge in [0.2, 0.25) is 0 Å². The maximum Gasteiger partial charge on any atom is 0.0379 e. The number of hydrogen-bond acceptors (Lipinski definition) is 2. The molecule has 1 aromatic carbocycles. The predicted molar refractivity (Wildman–Crippen MR) is 97.1 cm³/mol. The van der Waals surface area contributed by atoms with E-state index in [-0.39, 0.29) is 24.8 Å². The molecule has 0 radical (unpaired) electrons. The number of aryl methyl sites for hydroxylation is 2. The topological polar surface area (TPSA) is 15.3 Å². The second kappa shape index (κ2) is 9.68. The summed E-state index contributed by atoms with van der Waals surface area (Å²) in [5.41, 5.74) is 4.46. The molecular formula is C17H30Cl2N2. The number of nitrogens with zero attached hydrogens (tertiary/aromatic N) is 1. The maximum absolute atomic E-state index is 3.47. The van der Waals surface area contributed by atoms with Crippen LogP contribution >= 0.6 is 24.8 Å². The Kier molecular flexibility index (Phi) is 9.55. The van der Waals surface area contributed by atoms with Crippen molar-refractivity contribution in [2.75, 3.05) is 26.2 Å². The highest BCUT2D eigenvalue weighted by Gasteiger charge is 2.28. The highest BCUT2D eigenvalue weighted by molar-refractivity contribution is 5.85. The second-order valence-corrected chi connectivity index (χ2v) is 5.92. The van der Waals surface area contributed by atoms with E-state index in [0.29, 0.717) is 12.0 Å². The fraction of sp³-hybridized carbons (Fsp3) is 0.647. The molecular weight excluding hydrogens is 303 g/mol. The first kappa shape index (κ1) is 20.7. The van der Waals surface area contributed by atoms with Gasteiger partial charge < -0.3 is 5.32 Å². The van der Waals surface area contributed by atoms with Crippen LogP contribution in [0.5, 0.6) is 0 Å². The highest BCUT2D eigenvalue weighted by Crippen LogP contribution is 2.34. The van der Waals surface area contributed by atoms with Crippen LogP contribution in [0.15, 0.2) is 18.2 Å². The predicted octanol–water partition coefficient (Wildman–Crippen LogP) is 4.14. The molecule has 1 aliphatic heterocycles. The van der Waals surface area contributed by atoms with Gasteiger partial charge in [0.25, 0.3) is 0 Å². The van der Waals surface area contributed by atoms with Crippen LogP contribution in [-0.4, -0.2) is 31.1 Å². The van der Waals surface area contributed by atoms with Gasteiger partial charge in [-0.25, -0.2) is 0 Å². The van der Waals surface area contributed by atoms with Gasteiger partial charge in [0.05, 0.1) is 0 Å². The normalized spacial score (nSPS) is 18.3. The summed E-state index contributed by atoms with van der Waals surface area (Å²) in [7, 11) is 0. The number of nitrogens with one attached hydrogen (secondary N) is 1. The van der Waals surface area contributed by atoms with E-state index >= 15 is 0 Å². The zero-order chi connectivity index (χ0) is 13.8. The Hall–Kier alpha value is -0.280.